The number of phenolic OH excluding ortho intramolecular Hbond substituents is 1. The Labute approximate surface area is 169 Å². The van der Waals surface area contributed by atoms with E-state index in [1.165, 1.54) is 23.8 Å². The zero-order valence-corrected chi connectivity index (χ0v) is 17.5. The molecule has 0 saturated carbocycles. The standard InChI is InChI=1S/C17H18BrNO5S2/c1-3-6-24-14(20)4-5-19-16(22)13(26-17(19)25)9-10-7-11(18)15(21)12(8-10)23-2/h7-9,21H,3-6H2,1-2H3/b13-9-. The molecule has 0 bridgehead atoms. The highest BCUT2D eigenvalue weighted by molar-refractivity contribution is 9.10. The largest absolute Gasteiger partial charge is 0.503 e. The maximum atomic E-state index is 12.6. The van der Waals surface area contributed by atoms with E-state index >= 15 is 0 Å². The highest BCUT2D eigenvalue weighted by Crippen LogP contribution is 2.38. The molecule has 26 heavy (non-hydrogen) atoms. The fraction of sp³-hybridized carbons (Fsp3) is 0.353. The molecule has 2 rings (SSSR count). The molecular formula is C17H18BrNO5S2. The Morgan fingerprint density at radius 2 is 2.19 bits per heavy atom. The van der Waals surface area contributed by atoms with Crippen molar-refractivity contribution in [2.45, 2.75) is 19.8 Å². The Morgan fingerprint density at radius 3 is 2.85 bits per heavy atom. The predicted molar refractivity (Wildman–Crippen MR) is 108 cm³/mol. The van der Waals surface area contributed by atoms with Crippen molar-refractivity contribution in [3.8, 4) is 11.5 Å². The van der Waals surface area contributed by atoms with Gasteiger partial charge in [0.05, 0.1) is 29.5 Å². The van der Waals surface area contributed by atoms with Gasteiger partial charge in [0.15, 0.2) is 11.5 Å². The molecule has 1 aliphatic rings. The summed E-state index contributed by atoms with van der Waals surface area (Å²) in [5.74, 6) is -0.328. The first-order chi connectivity index (χ1) is 12.4. The summed E-state index contributed by atoms with van der Waals surface area (Å²) in [6.45, 7) is 2.47. The van der Waals surface area contributed by atoms with Gasteiger partial charge in [0.2, 0.25) is 0 Å². The van der Waals surface area contributed by atoms with Crippen molar-refractivity contribution in [1.29, 1.82) is 0 Å². The molecule has 6 nitrogen and oxygen atoms in total. The summed E-state index contributed by atoms with van der Waals surface area (Å²) in [6, 6.07) is 3.29. The highest BCUT2D eigenvalue weighted by Gasteiger charge is 2.32. The first-order valence-corrected chi connectivity index (χ1v) is 9.86. The van der Waals surface area contributed by atoms with Crippen LogP contribution in [0.1, 0.15) is 25.3 Å². The number of carbonyl (C=O) groups excluding carboxylic acids is 2. The second-order valence-corrected chi connectivity index (χ2v) is 7.89. The number of ether oxygens (including phenoxy) is 2. The lowest BCUT2D eigenvalue weighted by atomic mass is 10.2. The molecule has 0 radical (unpaired) electrons. The van der Waals surface area contributed by atoms with Gasteiger partial charge in [0.25, 0.3) is 5.91 Å². The van der Waals surface area contributed by atoms with Crippen LogP contribution in [0.3, 0.4) is 0 Å². The lowest BCUT2D eigenvalue weighted by Crippen LogP contribution is -2.30. The highest BCUT2D eigenvalue weighted by atomic mass is 79.9. The van der Waals surface area contributed by atoms with Crippen LogP contribution >= 0.6 is 39.9 Å². The van der Waals surface area contributed by atoms with Gasteiger partial charge in [-0.15, -0.1) is 0 Å². The molecule has 1 aromatic carbocycles. The van der Waals surface area contributed by atoms with E-state index in [0.717, 1.165) is 6.42 Å². The van der Waals surface area contributed by atoms with E-state index < -0.39 is 0 Å². The molecule has 1 aliphatic heterocycles. The molecule has 1 aromatic rings. The van der Waals surface area contributed by atoms with Gasteiger partial charge in [-0.3, -0.25) is 14.5 Å². The summed E-state index contributed by atoms with van der Waals surface area (Å²) in [7, 11) is 1.45. The lowest BCUT2D eigenvalue weighted by Gasteiger charge is -2.13. The smallest absolute Gasteiger partial charge is 0.307 e. The van der Waals surface area contributed by atoms with Crippen LogP contribution in [0.5, 0.6) is 11.5 Å². The Morgan fingerprint density at radius 1 is 1.46 bits per heavy atom. The van der Waals surface area contributed by atoms with Crippen LogP contribution in [0, 0.1) is 0 Å². The third kappa shape index (κ3) is 4.99. The summed E-state index contributed by atoms with van der Waals surface area (Å²) in [6.07, 6.45) is 2.51. The number of methoxy groups -OCH3 is 1. The van der Waals surface area contributed by atoms with Crippen molar-refractivity contribution >= 4 is 62.2 Å². The van der Waals surface area contributed by atoms with E-state index in [4.69, 9.17) is 21.7 Å². The number of esters is 1. The molecule has 1 fully saturated rings. The number of amides is 1. The average Bonchev–Trinajstić information content (AvgIpc) is 2.87. The van der Waals surface area contributed by atoms with Gasteiger partial charge in [-0.05, 0) is 46.1 Å². The Hall–Kier alpha value is -1.58. The molecule has 9 heteroatoms. The molecule has 1 amide bonds. The molecule has 0 atom stereocenters. The van der Waals surface area contributed by atoms with Gasteiger partial charge in [-0.25, -0.2) is 0 Å². The minimum Gasteiger partial charge on any atom is -0.503 e. The second-order valence-electron chi connectivity index (χ2n) is 5.36. The summed E-state index contributed by atoms with van der Waals surface area (Å²) < 4.78 is 11.0. The van der Waals surface area contributed by atoms with E-state index in [1.54, 1.807) is 18.2 Å². The van der Waals surface area contributed by atoms with E-state index in [-0.39, 0.29) is 30.6 Å². The van der Waals surface area contributed by atoms with Gasteiger partial charge < -0.3 is 14.6 Å². The first-order valence-electron chi connectivity index (χ1n) is 7.84. The van der Waals surface area contributed by atoms with Crippen LogP contribution in [0.2, 0.25) is 0 Å². The second kappa shape index (κ2) is 9.38. The van der Waals surface area contributed by atoms with Crippen LogP contribution in [-0.4, -0.2) is 46.5 Å². The first kappa shape index (κ1) is 20.7. The maximum absolute atomic E-state index is 12.6. The fourth-order valence-corrected chi connectivity index (χ4v) is 3.94. The van der Waals surface area contributed by atoms with Crippen LogP contribution in [-0.2, 0) is 14.3 Å². The van der Waals surface area contributed by atoms with E-state index in [9.17, 15) is 14.7 Å². The zero-order chi connectivity index (χ0) is 19.3. The zero-order valence-electron chi connectivity index (χ0n) is 14.3. The third-order valence-corrected chi connectivity index (χ3v) is 5.43. The molecular weight excluding hydrogens is 442 g/mol. The van der Waals surface area contributed by atoms with Crippen LogP contribution in [0.15, 0.2) is 21.5 Å². The molecule has 0 aromatic heterocycles. The molecule has 1 heterocycles. The summed E-state index contributed by atoms with van der Waals surface area (Å²) in [4.78, 5) is 26.0. The van der Waals surface area contributed by atoms with E-state index in [2.05, 4.69) is 15.9 Å². The van der Waals surface area contributed by atoms with Crippen molar-refractivity contribution < 1.29 is 24.2 Å². The van der Waals surface area contributed by atoms with Gasteiger partial charge in [-0.2, -0.15) is 0 Å². The fourth-order valence-electron chi connectivity index (χ4n) is 2.17. The topological polar surface area (TPSA) is 76.1 Å². The van der Waals surface area contributed by atoms with Crippen LogP contribution in [0.4, 0.5) is 0 Å². The van der Waals surface area contributed by atoms with Gasteiger partial charge in [0, 0.05) is 6.54 Å². The van der Waals surface area contributed by atoms with Gasteiger partial charge in [0.1, 0.15) is 4.32 Å². The maximum Gasteiger partial charge on any atom is 0.307 e. The SMILES string of the molecule is CCCOC(=O)CCN1C(=O)/C(=C/c2cc(Br)c(O)c(OC)c2)SC1=S. The summed E-state index contributed by atoms with van der Waals surface area (Å²) in [5.41, 5.74) is 0.675. The lowest BCUT2D eigenvalue weighted by molar-refractivity contribution is -0.143. The van der Waals surface area contributed by atoms with Crippen LogP contribution in [0.25, 0.3) is 6.08 Å². The van der Waals surface area contributed by atoms with Crippen molar-refractivity contribution in [3.63, 3.8) is 0 Å². The van der Waals surface area contributed by atoms with E-state index in [1.807, 2.05) is 6.92 Å². The Balaban J connectivity index is 2.11. The number of thioether (sulfide) groups is 1. The predicted octanol–water partition coefficient (Wildman–Crippen LogP) is 3.71. The van der Waals surface area contributed by atoms with E-state index in [0.29, 0.717) is 31.6 Å². The third-order valence-electron chi connectivity index (χ3n) is 3.45. The molecule has 1 N–H and O–H groups in total. The molecule has 1 saturated heterocycles. The summed E-state index contributed by atoms with van der Waals surface area (Å²) in [5, 5.41) is 9.86. The number of rotatable bonds is 7. The van der Waals surface area contributed by atoms with Crippen molar-refractivity contribution in [1.82, 2.24) is 4.90 Å². The number of nitrogens with zero attached hydrogens (tertiary/aromatic N) is 1. The van der Waals surface area contributed by atoms with Crippen molar-refractivity contribution in [2.75, 3.05) is 20.3 Å². The Kier molecular flexibility index (Phi) is 7.48. The number of phenols is 1. The number of benzene rings is 1. The van der Waals surface area contributed by atoms with Gasteiger partial charge >= 0.3 is 5.97 Å². The van der Waals surface area contributed by atoms with Crippen molar-refractivity contribution in [2.24, 2.45) is 0 Å². The molecule has 0 aliphatic carbocycles. The number of thiocarbonyl (C=S) groups is 1. The monoisotopic (exact) mass is 459 g/mol. The average molecular weight is 460 g/mol. The normalized spacial score (nSPS) is 15.7. The van der Waals surface area contributed by atoms with Crippen molar-refractivity contribution in [3.05, 3.63) is 27.1 Å². The summed E-state index contributed by atoms with van der Waals surface area (Å²) >= 11 is 9.66. The minimum absolute atomic E-state index is 0.0113. The quantitative estimate of drug-likeness (QED) is 0.378. The number of aromatic hydroxyl groups is 1. The number of carbonyl (C=O) groups is 2. The molecule has 0 spiro atoms. The minimum atomic E-state index is -0.350. The van der Waals surface area contributed by atoms with Gasteiger partial charge in [-0.1, -0.05) is 30.9 Å². The van der Waals surface area contributed by atoms with Crippen LogP contribution < -0.4 is 4.74 Å². The number of hydrogen-bond donors (Lipinski definition) is 1. The molecule has 140 valence electrons. The number of halogens is 1. The Bertz CT molecular complexity index is 766. The molecule has 0 unspecified atom stereocenters. The number of hydrogen-bond acceptors (Lipinski definition) is 7.